The summed E-state index contributed by atoms with van der Waals surface area (Å²) in [5.74, 6) is -0.262. The van der Waals surface area contributed by atoms with E-state index in [4.69, 9.17) is 16.3 Å². The fourth-order valence-corrected chi connectivity index (χ4v) is 2.45. The van der Waals surface area contributed by atoms with Crippen molar-refractivity contribution in [2.24, 2.45) is 0 Å². The molecule has 2 aromatic carbocycles. The Labute approximate surface area is 149 Å². The Morgan fingerprint density at radius 2 is 1.96 bits per heavy atom. The lowest BCUT2D eigenvalue weighted by atomic mass is 10.2. The van der Waals surface area contributed by atoms with Crippen molar-refractivity contribution in [2.45, 2.75) is 6.92 Å². The molecule has 128 valence electrons. The molecule has 1 amide bonds. The number of amides is 1. The van der Waals surface area contributed by atoms with Gasteiger partial charge >= 0.3 is 0 Å². The van der Waals surface area contributed by atoms with Crippen molar-refractivity contribution in [2.75, 3.05) is 12.4 Å². The van der Waals surface area contributed by atoms with E-state index in [1.807, 2.05) is 6.92 Å². The minimum atomic E-state index is -0.388. The summed E-state index contributed by atoms with van der Waals surface area (Å²) >= 11 is 6.07. The quantitative estimate of drug-likeness (QED) is 0.758. The summed E-state index contributed by atoms with van der Waals surface area (Å²) in [6.45, 7) is 1.83. The van der Waals surface area contributed by atoms with E-state index in [9.17, 15) is 9.18 Å². The number of rotatable bonds is 4. The molecule has 1 N–H and O–H groups in total. The first-order chi connectivity index (χ1) is 12.0. The van der Waals surface area contributed by atoms with Crippen LogP contribution in [0.2, 0.25) is 5.02 Å². The Kier molecular flexibility index (Phi) is 4.72. The smallest absolute Gasteiger partial charge is 0.276 e. The van der Waals surface area contributed by atoms with Crippen LogP contribution in [0.4, 0.5) is 10.1 Å². The van der Waals surface area contributed by atoms with E-state index in [1.54, 1.807) is 36.5 Å². The zero-order valence-corrected chi connectivity index (χ0v) is 14.3. The molecule has 1 heterocycles. The number of anilines is 1. The lowest BCUT2D eigenvalue weighted by molar-refractivity contribution is 0.102. The molecule has 0 spiro atoms. The first-order valence-electron chi connectivity index (χ1n) is 7.45. The molecule has 0 radical (unpaired) electrons. The van der Waals surface area contributed by atoms with Crippen LogP contribution in [0.5, 0.6) is 5.75 Å². The van der Waals surface area contributed by atoms with Gasteiger partial charge in [0.2, 0.25) is 0 Å². The number of halogens is 2. The number of ether oxygens (including phenoxy) is 1. The van der Waals surface area contributed by atoms with E-state index in [0.29, 0.717) is 22.1 Å². The van der Waals surface area contributed by atoms with Crippen LogP contribution >= 0.6 is 11.6 Å². The predicted octanol–water partition coefficient (Wildman–Crippen LogP) is 4.23. The highest BCUT2D eigenvalue weighted by molar-refractivity contribution is 6.31. The van der Waals surface area contributed by atoms with Gasteiger partial charge in [0.25, 0.3) is 5.91 Å². The molecule has 0 bridgehead atoms. The maximum absolute atomic E-state index is 13.0. The van der Waals surface area contributed by atoms with Crippen LogP contribution in [0.1, 0.15) is 16.1 Å². The maximum atomic E-state index is 13.0. The van der Waals surface area contributed by atoms with Gasteiger partial charge < -0.3 is 10.1 Å². The summed E-state index contributed by atoms with van der Waals surface area (Å²) in [6, 6.07) is 10.8. The van der Waals surface area contributed by atoms with Crippen LogP contribution < -0.4 is 10.1 Å². The highest BCUT2D eigenvalue weighted by Gasteiger charge is 2.14. The number of aromatic nitrogens is 2. The van der Waals surface area contributed by atoms with Gasteiger partial charge in [-0.2, -0.15) is 5.10 Å². The topological polar surface area (TPSA) is 56.1 Å². The van der Waals surface area contributed by atoms with Gasteiger partial charge in [-0.25, -0.2) is 9.07 Å². The zero-order valence-electron chi connectivity index (χ0n) is 13.6. The largest absolute Gasteiger partial charge is 0.495 e. The van der Waals surface area contributed by atoms with E-state index in [2.05, 4.69) is 10.4 Å². The lowest BCUT2D eigenvalue weighted by Crippen LogP contribution is -2.14. The van der Waals surface area contributed by atoms with Gasteiger partial charge in [0.1, 0.15) is 11.6 Å². The van der Waals surface area contributed by atoms with Crippen molar-refractivity contribution in [3.05, 3.63) is 70.8 Å². The van der Waals surface area contributed by atoms with Crippen molar-refractivity contribution < 1.29 is 13.9 Å². The monoisotopic (exact) mass is 359 g/mol. The Balaban J connectivity index is 1.83. The highest BCUT2D eigenvalue weighted by atomic mass is 35.5. The van der Waals surface area contributed by atoms with Crippen LogP contribution in [0.25, 0.3) is 5.69 Å². The van der Waals surface area contributed by atoms with Crippen LogP contribution in [0, 0.1) is 12.7 Å². The summed E-state index contributed by atoms with van der Waals surface area (Å²) in [6.07, 6.45) is 1.63. The molecular weight excluding hydrogens is 345 g/mol. The Hall–Kier alpha value is -2.86. The first-order valence-corrected chi connectivity index (χ1v) is 7.83. The van der Waals surface area contributed by atoms with Gasteiger partial charge in [-0.3, -0.25) is 4.79 Å². The summed E-state index contributed by atoms with van der Waals surface area (Å²) in [5, 5.41) is 7.53. The molecule has 3 rings (SSSR count). The zero-order chi connectivity index (χ0) is 18.0. The van der Waals surface area contributed by atoms with Gasteiger partial charge in [-0.15, -0.1) is 0 Å². The lowest BCUT2D eigenvalue weighted by Gasteiger charge is -2.11. The number of methoxy groups -OCH3 is 1. The second-order valence-electron chi connectivity index (χ2n) is 5.38. The average molecular weight is 360 g/mol. The van der Waals surface area contributed by atoms with E-state index >= 15 is 0 Å². The van der Waals surface area contributed by atoms with Gasteiger partial charge in [-0.1, -0.05) is 11.6 Å². The van der Waals surface area contributed by atoms with Crippen LogP contribution in [-0.4, -0.2) is 22.8 Å². The van der Waals surface area contributed by atoms with Crippen LogP contribution in [0.3, 0.4) is 0 Å². The fraction of sp³-hybridized carbons (Fsp3) is 0.111. The number of nitrogens with one attached hydrogen (secondary N) is 1. The molecule has 0 atom stereocenters. The number of carbonyl (C=O) groups excluding carboxylic acids is 1. The molecule has 7 heteroatoms. The predicted molar refractivity (Wildman–Crippen MR) is 94.2 cm³/mol. The number of benzene rings is 2. The number of aryl methyl sites for hydroxylation is 1. The van der Waals surface area contributed by atoms with Crippen molar-refractivity contribution in [1.29, 1.82) is 0 Å². The first kappa shape index (κ1) is 17.0. The van der Waals surface area contributed by atoms with Gasteiger partial charge in [0.15, 0.2) is 5.69 Å². The van der Waals surface area contributed by atoms with Crippen molar-refractivity contribution in [3.63, 3.8) is 0 Å². The minimum Gasteiger partial charge on any atom is -0.495 e. The summed E-state index contributed by atoms with van der Waals surface area (Å²) < 4.78 is 19.7. The average Bonchev–Trinajstić information content (AvgIpc) is 3.08. The van der Waals surface area contributed by atoms with Crippen molar-refractivity contribution in [3.8, 4) is 11.4 Å². The molecular formula is C18H15ClFN3O2. The van der Waals surface area contributed by atoms with Gasteiger partial charge in [0, 0.05) is 17.3 Å². The molecule has 0 saturated heterocycles. The normalized spacial score (nSPS) is 10.6. The summed E-state index contributed by atoms with van der Waals surface area (Å²) in [7, 11) is 1.50. The van der Waals surface area contributed by atoms with Gasteiger partial charge in [-0.05, 0) is 48.9 Å². The van der Waals surface area contributed by atoms with Crippen LogP contribution in [-0.2, 0) is 0 Å². The molecule has 5 nitrogen and oxygen atoms in total. The Morgan fingerprint density at radius 3 is 2.64 bits per heavy atom. The molecule has 25 heavy (non-hydrogen) atoms. The van der Waals surface area contributed by atoms with E-state index < -0.39 is 0 Å². The van der Waals surface area contributed by atoms with Crippen molar-refractivity contribution in [1.82, 2.24) is 9.78 Å². The molecule has 0 fully saturated rings. The third-order valence-electron chi connectivity index (χ3n) is 3.64. The SMILES string of the molecule is COc1cc(Cl)c(C)cc1NC(=O)c1ccn(-c2ccc(F)cc2)n1. The molecule has 0 unspecified atom stereocenters. The Morgan fingerprint density at radius 1 is 1.24 bits per heavy atom. The molecule has 0 aliphatic carbocycles. The standard InChI is InChI=1S/C18H15ClFN3O2/c1-11-9-16(17(25-2)10-14(11)19)21-18(24)15-7-8-23(22-15)13-5-3-12(20)4-6-13/h3-10H,1-2H3,(H,21,24). The highest BCUT2D eigenvalue weighted by Crippen LogP contribution is 2.31. The third kappa shape index (κ3) is 3.64. The van der Waals surface area contributed by atoms with E-state index in [-0.39, 0.29) is 17.4 Å². The molecule has 0 aliphatic rings. The molecule has 1 aromatic heterocycles. The molecule has 3 aromatic rings. The number of hydrogen-bond acceptors (Lipinski definition) is 3. The minimum absolute atomic E-state index is 0.221. The van der Waals surface area contributed by atoms with E-state index in [1.165, 1.54) is 23.9 Å². The van der Waals surface area contributed by atoms with Crippen molar-refractivity contribution >= 4 is 23.2 Å². The van der Waals surface area contributed by atoms with E-state index in [0.717, 1.165) is 5.56 Å². The number of nitrogens with zero attached hydrogens (tertiary/aromatic N) is 2. The van der Waals surface area contributed by atoms with Gasteiger partial charge in [0.05, 0.1) is 18.5 Å². The summed E-state index contributed by atoms with van der Waals surface area (Å²) in [5.41, 5.74) is 2.19. The second-order valence-corrected chi connectivity index (χ2v) is 5.78. The maximum Gasteiger partial charge on any atom is 0.276 e. The molecule has 0 saturated carbocycles. The van der Waals surface area contributed by atoms with Crippen LogP contribution in [0.15, 0.2) is 48.7 Å². The number of carbonyl (C=O) groups is 1. The molecule has 0 aliphatic heterocycles. The third-order valence-corrected chi connectivity index (χ3v) is 4.05. The number of hydrogen-bond donors (Lipinski definition) is 1. The fourth-order valence-electron chi connectivity index (χ4n) is 2.30. The second kappa shape index (κ2) is 6.94. The summed E-state index contributed by atoms with van der Waals surface area (Å²) in [4.78, 5) is 12.4. The Bertz CT molecular complexity index is 923.